The topological polar surface area (TPSA) is 44.2 Å². The number of methoxy groups -OCH3 is 2. The van der Waals surface area contributed by atoms with E-state index in [4.69, 9.17) is 9.47 Å². The summed E-state index contributed by atoms with van der Waals surface area (Å²) in [6.07, 6.45) is 1.82. The largest absolute Gasteiger partial charge is 0.497 e. The second kappa shape index (κ2) is 5.17. The van der Waals surface area contributed by atoms with Gasteiger partial charge in [0.15, 0.2) is 5.82 Å². The fourth-order valence-electron chi connectivity index (χ4n) is 2.09. The van der Waals surface area contributed by atoms with Crippen LogP contribution in [-0.2, 0) is 0 Å². The molecule has 3 rings (SSSR count). The van der Waals surface area contributed by atoms with Crippen molar-refractivity contribution < 1.29 is 9.47 Å². The van der Waals surface area contributed by atoms with E-state index < -0.39 is 0 Å². The summed E-state index contributed by atoms with van der Waals surface area (Å²) in [6, 6.07) is 13.5. The van der Waals surface area contributed by atoms with Gasteiger partial charge in [-0.1, -0.05) is 18.2 Å². The maximum atomic E-state index is 5.39. The summed E-state index contributed by atoms with van der Waals surface area (Å²) in [5.74, 6) is 2.08. The predicted octanol–water partition coefficient (Wildman–Crippen LogP) is 3.31. The summed E-state index contributed by atoms with van der Waals surface area (Å²) in [5, 5.41) is 1.02. The first-order valence-corrected chi connectivity index (χ1v) is 6.26. The Bertz CT molecular complexity index is 756. The van der Waals surface area contributed by atoms with Crippen LogP contribution in [-0.4, -0.2) is 24.2 Å². The third-order valence-electron chi connectivity index (χ3n) is 3.14. The van der Waals surface area contributed by atoms with Gasteiger partial charge in [-0.15, -0.1) is 0 Å². The van der Waals surface area contributed by atoms with Gasteiger partial charge >= 0.3 is 0 Å². The second-order valence-electron chi connectivity index (χ2n) is 4.32. The minimum absolute atomic E-state index is 0.642. The van der Waals surface area contributed by atoms with E-state index in [0.717, 1.165) is 22.2 Å². The highest BCUT2D eigenvalue weighted by atomic mass is 16.5. The van der Waals surface area contributed by atoms with Gasteiger partial charge in [0, 0.05) is 17.6 Å². The molecular weight excluding hydrogens is 252 g/mol. The number of hydrogen-bond donors (Lipinski definition) is 0. The molecule has 0 radical (unpaired) electrons. The number of hydrogen-bond acceptors (Lipinski definition) is 4. The lowest BCUT2D eigenvalue weighted by Gasteiger charge is -2.09. The number of para-hydroxylation sites is 1. The summed E-state index contributed by atoms with van der Waals surface area (Å²) in [7, 11) is 3.25. The number of benzene rings is 2. The van der Waals surface area contributed by atoms with E-state index >= 15 is 0 Å². The van der Waals surface area contributed by atoms with Crippen molar-refractivity contribution in [1.82, 2.24) is 9.97 Å². The van der Waals surface area contributed by atoms with Crippen LogP contribution in [0.3, 0.4) is 0 Å². The summed E-state index contributed by atoms with van der Waals surface area (Å²) in [4.78, 5) is 8.99. The van der Waals surface area contributed by atoms with Crippen LogP contribution in [0.25, 0.3) is 22.3 Å². The molecule has 0 aliphatic carbocycles. The molecule has 0 amide bonds. The molecule has 4 nitrogen and oxygen atoms in total. The Morgan fingerprint density at radius 1 is 0.950 bits per heavy atom. The standard InChI is InChI=1S/C16H14N2O2/c1-19-12-7-8-13(15(9-12)20-2)16-17-10-11-5-3-4-6-14(11)18-16/h3-10H,1-2H3. The molecule has 0 bridgehead atoms. The van der Waals surface area contributed by atoms with Gasteiger partial charge in [-0.2, -0.15) is 0 Å². The van der Waals surface area contributed by atoms with Crippen LogP contribution in [0.2, 0.25) is 0 Å². The molecular formula is C16H14N2O2. The van der Waals surface area contributed by atoms with Crippen molar-refractivity contribution in [2.75, 3.05) is 14.2 Å². The van der Waals surface area contributed by atoms with Crippen molar-refractivity contribution in [3.8, 4) is 22.9 Å². The molecule has 0 unspecified atom stereocenters. The fraction of sp³-hybridized carbons (Fsp3) is 0.125. The Labute approximate surface area is 117 Å². The first kappa shape index (κ1) is 12.4. The molecule has 20 heavy (non-hydrogen) atoms. The number of aromatic nitrogens is 2. The minimum atomic E-state index is 0.642. The Balaban J connectivity index is 2.14. The molecule has 0 aliphatic rings. The van der Waals surface area contributed by atoms with Crippen LogP contribution in [0.1, 0.15) is 0 Å². The lowest BCUT2D eigenvalue weighted by molar-refractivity contribution is 0.395. The summed E-state index contributed by atoms with van der Waals surface area (Å²) >= 11 is 0. The third-order valence-corrected chi connectivity index (χ3v) is 3.14. The van der Waals surface area contributed by atoms with Gasteiger partial charge in [-0.05, 0) is 18.2 Å². The lowest BCUT2D eigenvalue weighted by atomic mass is 10.1. The average molecular weight is 266 g/mol. The molecule has 0 fully saturated rings. The predicted molar refractivity (Wildman–Crippen MR) is 78.1 cm³/mol. The molecule has 100 valence electrons. The molecule has 1 heterocycles. The minimum Gasteiger partial charge on any atom is -0.497 e. The van der Waals surface area contributed by atoms with Crippen molar-refractivity contribution in [3.05, 3.63) is 48.7 Å². The molecule has 1 aromatic heterocycles. The van der Waals surface area contributed by atoms with Crippen molar-refractivity contribution >= 4 is 10.9 Å². The smallest absolute Gasteiger partial charge is 0.163 e. The summed E-state index contributed by atoms with van der Waals surface area (Å²) in [5.41, 5.74) is 1.76. The SMILES string of the molecule is COc1ccc(-c2ncc3ccccc3n2)c(OC)c1. The van der Waals surface area contributed by atoms with Crippen LogP contribution in [0.5, 0.6) is 11.5 Å². The van der Waals surface area contributed by atoms with Crippen LogP contribution >= 0.6 is 0 Å². The van der Waals surface area contributed by atoms with Crippen LogP contribution in [0, 0.1) is 0 Å². The van der Waals surface area contributed by atoms with E-state index in [9.17, 15) is 0 Å². The van der Waals surface area contributed by atoms with Crippen molar-refractivity contribution in [2.24, 2.45) is 0 Å². The number of rotatable bonds is 3. The van der Waals surface area contributed by atoms with E-state index in [1.165, 1.54) is 0 Å². The molecule has 3 aromatic rings. The number of nitrogens with zero attached hydrogens (tertiary/aromatic N) is 2. The van der Waals surface area contributed by atoms with Crippen LogP contribution in [0.15, 0.2) is 48.7 Å². The van der Waals surface area contributed by atoms with E-state index in [0.29, 0.717) is 11.6 Å². The maximum Gasteiger partial charge on any atom is 0.163 e. The van der Waals surface area contributed by atoms with Crippen molar-refractivity contribution in [3.63, 3.8) is 0 Å². The van der Waals surface area contributed by atoms with Crippen LogP contribution < -0.4 is 9.47 Å². The zero-order valence-electron chi connectivity index (χ0n) is 11.3. The molecule has 0 spiro atoms. The van der Waals surface area contributed by atoms with Crippen molar-refractivity contribution in [1.29, 1.82) is 0 Å². The molecule has 0 atom stereocenters. The maximum absolute atomic E-state index is 5.39. The van der Waals surface area contributed by atoms with Gasteiger partial charge in [0.1, 0.15) is 11.5 Å². The van der Waals surface area contributed by atoms with Gasteiger partial charge in [0.2, 0.25) is 0 Å². The monoisotopic (exact) mass is 266 g/mol. The summed E-state index contributed by atoms with van der Waals surface area (Å²) in [6.45, 7) is 0. The first-order chi connectivity index (χ1) is 9.81. The Morgan fingerprint density at radius 3 is 2.60 bits per heavy atom. The number of fused-ring (bicyclic) bond motifs is 1. The van der Waals surface area contributed by atoms with E-state index in [1.54, 1.807) is 14.2 Å². The van der Waals surface area contributed by atoms with E-state index in [2.05, 4.69) is 9.97 Å². The summed E-state index contributed by atoms with van der Waals surface area (Å²) < 4.78 is 10.6. The lowest BCUT2D eigenvalue weighted by Crippen LogP contribution is -1.94. The molecule has 0 aliphatic heterocycles. The molecule has 0 N–H and O–H groups in total. The highest BCUT2D eigenvalue weighted by Crippen LogP contribution is 2.31. The zero-order chi connectivity index (χ0) is 13.9. The van der Waals surface area contributed by atoms with Gasteiger partial charge in [-0.25, -0.2) is 9.97 Å². The highest BCUT2D eigenvalue weighted by Gasteiger charge is 2.10. The Morgan fingerprint density at radius 2 is 1.80 bits per heavy atom. The third kappa shape index (κ3) is 2.16. The van der Waals surface area contributed by atoms with Crippen LogP contribution in [0.4, 0.5) is 0 Å². The quantitative estimate of drug-likeness (QED) is 0.729. The zero-order valence-corrected chi connectivity index (χ0v) is 11.3. The second-order valence-corrected chi connectivity index (χ2v) is 4.32. The van der Waals surface area contributed by atoms with E-state index in [-0.39, 0.29) is 0 Å². The van der Waals surface area contributed by atoms with Gasteiger partial charge in [0.25, 0.3) is 0 Å². The van der Waals surface area contributed by atoms with Gasteiger partial charge in [-0.3, -0.25) is 0 Å². The Hall–Kier alpha value is -2.62. The molecule has 2 aromatic carbocycles. The number of ether oxygens (including phenoxy) is 2. The highest BCUT2D eigenvalue weighted by molar-refractivity contribution is 5.80. The molecule has 4 heteroatoms. The first-order valence-electron chi connectivity index (χ1n) is 6.26. The van der Waals surface area contributed by atoms with Crippen molar-refractivity contribution in [2.45, 2.75) is 0 Å². The average Bonchev–Trinajstić information content (AvgIpc) is 2.53. The Kier molecular flexibility index (Phi) is 3.21. The fourth-order valence-corrected chi connectivity index (χ4v) is 2.09. The molecule has 0 saturated heterocycles. The molecule has 0 saturated carbocycles. The van der Waals surface area contributed by atoms with Gasteiger partial charge in [0.05, 0.1) is 25.3 Å². The van der Waals surface area contributed by atoms with Gasteiger partial charge < -0.3 is 9.47 Å². The normalized spacial score (nSPS) is 10.5. The van der Waals surface area contributed by atoms with E-state index in [1.807, 2.05) is 48.7 Å².